The number of rotatable bonds is 18. The van der Waals surface area contributed by atoms with Gasteiger partial charge in [-0.1, -0.05) is 42.5 Å². The molecule has 0 saturated carbocycles. The molecule has 0 aliphatic carbocycles. The first-order chi connectivity index (χ1) is 20.6. The highest BCUT2D eigenvalue weighted by Gasteiger charge is 2.47. The van der Waals surface area contributed by atoms with Gasteiger partial charge in [-0.2, -0.15) is 0 Å². The summed E-state index contributed by atoms with van der Waals surface area (Å²) >= 11 is 0. The highest BCUT2D eigenvalue weighted by atomic mass is 16.7. The summed E-state index contributed by atoms with van der Waals surface area (Å²) in [5, 5.41) is 0. The molecule has 0 amide bonds. The molecule has 8 nitrogen and oxygen atoms in total. The molecule has 8 heteroatoms. The number of ether oxygens (including phenoxy) is 8. The summed E-state index contributed by atoms with van der Waals surface area (Å²) in [5.74, 6) is 2.39. The number of benzene rings is 3. The zero-order valence-electron chi connectivity index (χ0n) is 24.7. The number of unbranched alkanes of at least 4 members (excludes halogenated alkanes) is 1. The van der Waals surface area contributed by atoms with E-state index < -0.39 is 24.6 Å². The van der Waals surface area contributed by atoms with E-state index in [1.807, 2.05) is 78.9 Å². The second kappa shape index (κ2) is 16.9. The lowest BCUT2D eigenvalue weighted by atomic mass is 10.1. The van der Waals surface area contributed by atoms with Crippen LogP contribution in [0.15, 0.2) is 85.5 Å². The first-order valence-electron chi connectivity index (χ1n) is 14.2. The Morgan fingerprint density at radius 1 is 0.643 bits per heavy atom. The van der Waals surface area contributed by atoms with Crippen LogP contribution in [-0.4, -0.2) is 59.1 Å². The topological polar surface area (TPSA) is 73.8 Å². The molecule has 1 aliphatic rings. The molecule has 4 rings (SSSR count). The first kappa shape index (κ1) is 31.5. The largest absolute Gasteiger partial charge is 0.497 e. The Hall–Kier alpha value is -3.40. The smallest absolute Gasteiger partial charge is 0.186 e. The first-order valence-corrected chi connectivity index (χ1v) is 14.2. The molecule has 4 atom stereocenters. The normalized spacial score (nSPS) is 19.9. The van der Waals surface area contributed by atoms with Crippen LogP contribution in [0.3, 0.4) is 0 Å². The monoisotopic (exact) mass is 578 g/mol. The SMILES string of the molecule is C=CCCCO[C@@H]1O[C@@H](COCc2ccc(OC)cc2)[C@@H](OCc2ccc(OC)cc2)[C@@H]1OCc1ccc(OC)cc1. The molecule has 1 saturated heterocycles. The molecular formula is C34H42O8. The van der Waals surface area contributed by atoms with Crippen molar-refractivity contribution in [2.75, 3.05) is 34.5 Å². The Kier molecular flexibility index (Phi) is 12.7. The second-order valence-electron chi connectivity index (χ2n) is 9.96. The van der Waals surface area contributed by atoms with Crippen molar-refractivity contribution in [2.24, 2.45) is 0 Å². The maximum atomic E-state index is 6.50. The molecule has 42 heavy (non-hydrogen) atoms. The van der Waals surface area contributed by atoms with Gasteiger partial charge in [-0.25, -0.2) is 0 Å². The molecule has 1 aliphatic heterocycles. The van der Waals surface area contributed by atoms with Gasteiger partial charge in [0.1, 0.15) is 35.6 Å². The van der Waals surface area contributed by atoms with Crippen LogP contribution in [-0.2, 0) is 43.5 Å². The van der Waals surface area contributed by atoms with Gasteiger partial charge in [0.15, 0.2) is 6.29 Å². The summed E-state index contributed by atoms with van der Waals surface area (Å²) in [6.07, 6.45) is 1.68. The van der Waals surface area contributed by atoms with E-state index in [0.29, 0.717) is 33.0 Å². The standard InChI is InChI=1S/C34H42O8/c1-5-6-7-20-39-34-33(41-23-27-12-18-30(37-4)19-13-27)32(40-22-26-10-16-29(36-3)17-11-26)31(42-34)24-38-21-25-8-14-28(35-2)15-9-25/h5,8-19,31-34H,1,6-7,20-24H2,2-4H3/t31-,32+,33-,34+/m0/s1. The van der Waals surface area contributed by atoms with Crippen molar-refractivity contribution < 1.29 is 37.9 Å². The lowest BCUT2D eigenvalue weighted by Gasteiger charge is -2.25. The van der Waals surface area contributed by atoms with E-state index in [2.05, 4.69) is 6.58 Å². The zero-order chi connectivity index (χ0) is 29.6. The van der Waals surface area contributed by atoms with Gasteiger partial charge in [0, 0.05) is 0 Å². The summed E-state index contributed by atoms with van der Waals surface area (Å²) < 4.78 is 47.5. The second-order valence-corrected chi connectivity index (χ2v) is 9.96. The van der Waals surface area contributed by atoms with E-state index >= 15 is 0 Å². The minimum atomic E-state index is -0.608. The van der Waals surface area contributed by atoms with E-state index in [1.54, 1.807) is 21.3 Å². The fourth-order valence-corrected chi connectivity index (χ4v) is 4.61. The van der Waals surface area contributed by atoms with E-state index in [0.717, 1.165) is 46.8 Å². The summed E-state index contributed by atoms with van der Waals surface area (Å²) in [6, 6.07) is 23.4. The zero-order valence-corrected chi connectivity index (χ0v) is 24.7. The van der Waals surface area contributed by atoms with Crippen LogP contribution in [0.25, 0.3) is 0 Å². The van der Waals surface area contributed by atoms with Crippen LogP contribution in [0.1, 0.15) is 29.5 Å². The number of methoxy groups -OCH3 is 3. The summed E-state index contributed by atoms with van der Waals surface area (Å²) in [4.78, 5) is 0. The van der Waals surface area contributed by atoms with E-state index in [4.69, 9.17) is 37.9 Å². The van der Waals surface area contributed by atoms with Crippen LogP contribution in [0.5, 0.6) is 17.2 Å². The molecule has 3 aromatic rings. The molecule has 1 heterocycles. The highest BCUT2D eigenvalue weighted by Crippen LogP contribution is 2.30. The van der Waals surface area contributed by atoms with Gasteiger partial charge in [0.05, 0.1) is 54.4 Å². The van der Waals surface area contributed by atoms with Crippen molar-refractivity contribution in [3.05, 3.63) is 102 Å². The van der Waals surface area contributed by atoms with Crippen molar-refractivity contribution in [3.63, 3.8) is 0 Å². The maximum absolute atomic E-state index is 6.50. The van der Waals surface area contributed by atoms with Crippen molar-refractivity contribution in [2.45, 2.75) is 57.3 Å². The Morgan fingerprint density at radius 3 is 1.60 bits per heavy atom. The van der Waals surface area contributed by atoms with Crippen LogP contribution < -0.4 is 14.2 Å². The Bertz CT molecular complexity index is 1180. The third-order valence-corrected chi connectivity index (χ3v) is 7.02. The Labute approximate surface area is 249 Å². The molecule has 0 unspecified atom stereocenters. The van der Waals surface area contributed by atoms with Gasteiger partial charge in [-0.05, 0) is 65.9 Å². The van der Waals surface area contributed by atoms with Crippen molar-refractivity contribution >= 4 is 0 Å². The lowest BCUT2D eigenvalue weighted by Crippen LogP contribution is -2.39. The van der Waals surface area contributed by atoms with Crippen molar-refractivity contribution in [3.8, 4) is 17.2 Å². The van der Waals surface area contributed by atoms with Gasteiger partial charge in [-0.3, -0.25) is 0 Å². The lowest BCUT2D eigenvalue weighted by molar-refractivity contribution is -0.185. The van der Waals surface area contributed by atoms with Gasteiger partial charge in [0.25, 0.3) is 0 Å². The third-order valence-electron chi connectivity index (χ3n) is 7.02. The number of allylic oxidation sites excluding steroid dienone is 1. The highest BCUT2D eigenvalue weighted by molar-refractivity contribution is 5.28. The number of hydrogen-bond donors (Lipinski definition) is 0. The van der Waals surface area contributed by atoms with E-state index in [9.17, 15) is 0 Å². The fraction of sp³-hybridized carbons (Fsp3) is 0.412. The predicted molar refractivity (Wildman–Crippen MR) is 160 cm³/mol. The molecule has 0 radical (unpaired) electrons. The van der Waals surface area contributed by atoms with E-state index in [-0.39, 0.29) is 0 Å². The quantitative estimate of drug-likeness (QED) is 0.132. The van der Waals surface area contributed by atoms with Crippen LogP contribution in [0, 0.1) is 0 Å². The van der Waals surface area contributed by atoms with E-state index in [1.165, 1.54) is 0 Å². The maximum Gasteiger partial charge on any atom is 0.186 e. The molecular weight excluding hydrogens is 536 g/mol. The summed E-state index contributed by atoms with van der Waals surface area (Å²) in [5.41, 5.74) is 3.06. The third kappa shape index (κ3) is 9.31. The Morgan fingerprint density at radius 2 is 1.12 bits per heavy atom. The average Bonchev–Trinajstić information content (AvgIpc) is 3.37. The minimum absolute atomic E-state index is 0.314. The van der Waals surface area contributed by atoms with Crippen LogP contribution in [0.2, 0.25) is 0 Å². The predicted octanol–water partition coefficient (Wildman–Crippen LogP) is 6.11. The van der Waals surface area contributed by atoms with Gasteiger partial charge in [-0.15, -0.1) is 6.58 Å². The van der Waals surface area contributed by atoms with Gasteiger partial charge < -0.3 is 37.9 Å². The molecule has 0 aromatic heterocycles. The molecule has 0 bridgehead atoms. The van der Waals surface area contributed by atoms with Crippen molar-refractivity contribution in [1.82, 2.24) is 0 Å². The fourth-order valence-electron chi connectivity index (χ4n) is 4.61. The molecule has 0 spiro atoms. The summed E-state index contributed by atoms with van der Waals surface area (Å²) in [6.45, 7) is 5.81. The average molecular weight is 579 g/mol. The van der Waals surface area contributed by atoms with Crippen molar-refractivity contribution in [1.29, 1.82) is 0 Å². The molecule has 0 N–H and O–H groups in total. The molecule has 226 valence electrons. The van der Waals surface area contributed by atoms with Crippen LogP contribution >= 0.6 is 0 Å². The van der Waals surface area contributed by atoms with Gasteiger partial charge in [0.2, 0.25) is 0 Å². The Balaban J connectivity index is 1.47. The van der Waals surface area contributed by atoms with Gasteiger partial charge >= 0.3 is 0 Å². The summed E-state index contributed by atoms with van der Waals surface area (Å²) in [7, 11) is 4.95. The molecule has 3 aromatic carbocycles. The minimum Gasteiger partial charge on any atom is -0.497 e. The number of hydrogen-bond acceptors (Lipinski definition) is 8. The van der Waals surface area contributed by atoms with Crippen LogP contribution in [0.4, 0.5) is 0 Å². The molecule has 1 fully saturated rings.